The molecule has 0 N–H and O–H groups in total. The maximum atomic E-state index is 10.8. The van der Waals surface area contributed by atoms with Crippen molar-refractivity contribution in [1.29, 1.82) is 0 Å². The fourth-order valence-electron chi connectivity index (χ4n) is 1.66. The maximum absolute atomic E-state index is 10.8. The van der Waals surface area contributed by atoms with E-state index < -0.39 is 0 Å². The standard InChI is InChI=1S/C14H25BrO2/c1-17-14(16)12-10-8-6-4-2-3-5-7-9-11-13-15/h10,12H,2-9,11,13H2,1H3. The zero-order chi connectivity index (χ0) is 12.8. The van der Waals surface area contributed by atoms with Gasteiger partial charge in [0.05, 0.1) is 7.11 Å². The summed E-state index contributed by atoms with van der Waals surface area (Å²) in [5.41, 5.74) is 0. The molecule has 0 aromatic carbocycles. The van der Waals surface area contributed by atoms with Crippen LogP contribution in [0.25, 0.3) is 0 Å². The first kappa shape index (κ1) is 16.7. The SMILES string of the molecule is COC(=O)C=CCCCCCCCCCCBr. The predicted molar refractivity (Wildman–Crippen MR) is 76.5 cm³/mol. The number of hydrogen-bond acceptors (Lipinski definition) is 2. The van der Waals surface area contributed by atoms with Gasteiger partial charge in [0.1, 0.15) is 0 Å². The topological polar surface area (TPSA) is 26.3 Å². The monoisotopic (exact) mass is 304 g/mol. The van der Waals surface area contributed by atoms with Crippen molar-refractivity contribution in [2.75, 3.05) is 12.4 Å². The van der Waals surface area contributed by atoms with Crippen LogP contribution in [0.15, 0.2) is 12.2 Å². The Kier molecular flexibility index (Phi) is 13.5. The molecule has 0 spiro atoms. The Labute approximate surface area is 114 Å². The Hall–Kier alpha value is -0.310. The van der Waals surface area contributed by atoms with Crippen LogP contribution in [-0.2, 0) is 9.53 Å². The van der Waals surface area contributed by atoms with E-state index in [1.807, 2.05) is 6.08 Å². The lowest BCUT2D eigenvalue weighted by molar-refractivity contribution is -0.134. The van der Waals surface area contributed by atoms with Crippen LogP contribution < -0.4 is 0 Å². The summed E-state index contributed by atoms with van der Waals surface area (Å²) < 4.78 is 4.51. The van der Waals surface area contributed by atoms with Crippen molar-refractivity contribution in [1.82, 2.24) is 0 Å². The van der Waals surface area contributed by atoms with E-state index in [2.05, 4.69) is 20.7 Å². The molecule has 0 aromatic heterocycles. The number of rotatable bonds is 11. The molecule has 0 atom stereocenters. The lowest BCUT2D eigenvalue weighted by Gasteiger charge is -2.00. The maximum Gasteiger partial charge on any atom is 0.330 e. The van der Waals surface area contributed by atoms with E-state index in [1.165, 1.54) is 64.6 Å². The second-order valence-electron chi connectivity index (χ2n) is 4.23. The summed E-state index contributed by atoms with van der Waals surface area (Å²) in [6, 6.07) is 0. The molecule has 17 heavy (non-hydrogen) atoms. The van der Waals surface area contributed by atoms with Gasteiger partial charge in [0.2, 0.25) is 0 Å². The first-order chi connectivity index (χ1) is 8.31. The Morgan fingerprint density at radius 1 is 1.00 bits per heavy atom. The number of ether oxygens (including phenoxy) is 1. The fraction of sp³-hybridized carbons (Fsp3) is 0.786. The molecule has 0 aliphatic carbocycles. The number of carbonyl (C=O) groups is 1. The van der Waals surface area contributed by atoms with Crippen LogP contribution in [0, 0.1) is 0 Å². The number of carbonyl (C=O) groups excluding carboxylic acids is 1. The third-order valence-electron chi connectivity index (χ3n) is 2.71. The third kappa shape index (κ3) is 13.6. The first-order valence-corrected chi connectivity index (χ1v) is 7.74. The van der Waals surface area contributed by atoms with Crippen molar-refractivity contribution >= 4 is 21.9 Å². The number of alkyl halides is 1. The summed E-state index contributed by atoms with van der Waals surface area (Å²) in [6.45, 7) is 0. The van der Waals surface area contributed by atoms with Crippen LogP contribution in [0.5, 0.6) is 0 Å². The Morgan fingerprint density at radius 2 is 1.53 bits per heavy atom. The minimum Gasteiger partial charge on any atom is -0.466 e. The highest BCUT2D eigenvalue weighted by molar-refractivity contribution is 9.09. The fourth-order valence-corrected chi connectivity index (χ4v) is 2.06. The van der Waals surface area contributed by atoms with Gasteiger partial charge >= 0.3 is 5.97 Å². The summed E-state index contributed by atoms with van der Waals surface area (Å²) in [6.07, 6.45) is 14.9. The van der Waals surface area contributed by atoms with E-state index in [1.54, 1.807) is 0 Å². The molecule has 0 radical (unpaired) electrons. The normalized spacial score (nSPS) is 10.9. The molecule has 0 bridgehead atoms. The number of methoxy groups -OCH3 is 1. The van der Waals surface area contributed by atoms with Gasteiger partial charge in [-0.1, -0.05) is 60.5 Å². The van der Waals surface area contributed by atoms with Gasteiger partial charge in [0.15, 0.2) is 0 Å². The summed E-state index contributed by atoms with van der Waals surface area (Å²) in [4.78, 5) is 10.8. The van der Waals surface area contributed by atoms with Crippen molar-refractivity contribution < 1.29 is 9.53 Å². The van der Waals surface area contributed by atoms with Crippen molar-refractivity contribution in [3.63, 3.8) is 0 Å². The van der Waals surface area contributed by atoms with Crippen molar-refractivity contribution in [3.05, 3.63) is 12.2 Å². The Bertz CT molecular complexity index is 202. The molecule has 0 amide bonds. The quantitative estimate of drug-likeness (QED) is 0.241. The molecule has 0 unspecified atom stereocenters. The van der Waals surface area contributed by atoms with E-state index in [-0.39, 0.29) is 5.97 Å². The van der Waals surface area contributed by atoms with Crippen molar-refractivity contribution in [2.45, 2.75) is 57.8 Å². The summed E-state index contributed by atoms with van der Waals surface area (Å²) in [7, 11) is 1.41. The molecule has 0 fully saturated rings. The predicted octanol–water partition coefficient (Wildman–Crippen LogP) is 4.62. The average molecular weight is 305 g/mol. The van der Waals surface area contributed by atoms with E-state index in [0.717, 1.165) is 11.8 Å². The largest absolute Gasteiger partial charge is 0.466 e. The summed E-state index contributed by atoms with van der Waals surface area (Å²) in [5, 5.41) is 1.14. The summed E-state index contributed by atoms with van der Waals surface area (Å²) in [5.74, 6) is -0.253. The van der Waals surface area contributed by atoms with Gasteiger partial charge in [-0.3, -0.25) is 0 Å². The van der Waals surface area contributed by atoms with Crippen LogP contribution in [0.2, 0.25) is 0 Å². The van der Waals surface area contributed by atoms with Crippen LogP contribution in [0.1, 0.15) is 57.8 Å². The second-order valence-corrected chi connectivity index (χ2v) is 5.02. The third-order valence-corrected chi connectivity index (χ3v) is 3.27. The molecule has 2 nitrogen and oxygen atoms in total. The van der Waals surface area contributed by atoms with Crippen LogP contribution in [0.3, 0.4) is 0 Å². The minimum absolute atomic E-state index is 0.253. The first-order valence-electron chi connectivity index (χ1n) is 6.61. The molecule has 0 aromatic rings. The highest BCUT2D eigenvalue weighted by Gasteiger charge is 1.92. The van der Waals surface area contributed by atoms with Crippen LogP contribution in [0.4, 0.5) is 0 Å². The second kappa shape index (κ2) is 13.8. The number of allylic oxidation sites excluding steroid dienone is 1. The number of esters is 1. The zero-order valence-electron chi connectivity index (χ0n) is 10.9. The van der Waals surface area contributed by atoms with Gasteiger partial charge in [-0.15, -0.1) is 0 Å². The highest BCUT2D eigenvalue weighted by atomic mass is 79.9. The van der Waals surface area contributed by atoms with Crippen molar-refractivity contribution in [2.24, 2.45) is 0 Å². The van der Waals surface area contributed by atoms with Crippen LogP contribution >= 0.6 is 15.9 Å². The molecular formula is C14H25BrO2. The molecule has 0 saturated heterocycles. The lowest BCUT2D eigenvalue weighted by atomic mass is 10.1. The summed E-state index contributed by atoms with van der Waals surface area (Å²) >= 11 is 3.44. The number of halogens is 1. The lowest BCUT2D eigenvalue weighted by Crippen LogP contribution is -1.93. The number of hydrogen-bond donors (Lipinski definition) is 0. The minimum atomic E-state index is -0.253. The van der Waals surface area contributed by atoms with E-state index in [4.69, 9.17) is 0 Å². The highest BCUT2D eigenvalue weighted by Crippen LogP contribution is 2.10. The molecule has 3 heteroatoms. The Balaban J connectivity index is 3.08. The van der Waals surface area contributed by atoms with Gasteiger partial charge in [0.25, 0.3) is 0 Å². The average Bonchev–Trinajstić information content (AvgIpc) is 2.35. The van der Waals surface area contributed by atoms with Crippen molar-refractivity contribution in [3.8, 4) is 0 Å². The molecule has 0 aliphatic rings. The van der Waals surface area contributed by atoms with E-state index >= 15 is 0 Å². The van der Waals surface area contributed by atoms with Gasteiger partial charge in [-0.25, -0.2) is 4.79 Å². The molecule has 0 aliphatic heterocycles. The van der Waals surface area contributed by atoms with Gasteiger partial charge < -0.3 is 4.74 Å². The Morgan fingerprint density at radius 3 is 2.06 bits per heavy atom. The van der Waals surface area contributed by atoms with E-state index in [0.29, 0.717) is 0 Å². The van der Waals surface area contributed by atoms with Gasteiger partial charge in [-0.05, 0) is 19.3 Å². The molecule has 0 heterocycles. The molecule has 100 valence electrons. The van der Waals surface area contributed by atoms with Crippen LogP contribution in [-0.4, -0.2) is 18.4 Å². The van der Waals surface area contributed by atoms with Gasteiger partial charge in [-0.2, -0.15) is 0 Å². The molecule has 0 rings (SSSR count). The zero-order valence-corrected chi connectivity index (χ0v) is 12.5. The van der Waals surface area contributed by atoms with Gasteiger partial charge in [0, 0.05) is 11.4 Å². The molecular weight excluding hydrogens is 280 g/mol. The number of unbranched alkanes of at least 4 members (excludes halogenated alkanes) is 8. The van der Waals surface area contributed by atoms with E-state index in [9.17, 15) is 4.79 Å². The molecule has 0 saturated carbocycles. The smallest absolute Gasteiger partial charge is 0.330 e.